The van der Waals surface area contributed by atoms with Crippen LogP contribution in [0.5, 0.6) is 11.5 Å². The summed E-state index contributed by atoms with van der Waals surface area (Å²) in [6, 6.07) is 5.82. The van der Waals surface area contributed by atoms with Gasteiger partial charge in [-0.2, -0.15) is 0 Å². The average molecular weight is 491 g/mol. The van der Waals surface area contributed by atoms with Crippen molar-refractivity contribution in [1.29, 1.82) is 0 Å². The standard InChI is InChI=1S/C20H33N3O3.HI/c1-5-21-19(22-15-20(24)11-7-6-8-12-20)23(2)14-16-9-10-17(25-3)13-18(16)26-4;/h9-10,13,24H,5-8,11-12,14-15H2,1-4H3,(H,21,22);1H. The van der Waals surface area contributed by atoms with Crippen LogP contribution in [-0.4, -0.2) is 55.9 Å². The largest absolute Gasteiger partial charge is 0.497 e. The van der Waals surface area contributed by atoms with E-state index in [9.17, 15) is 5.11 Å². The van der Waals surface area contributed by atoms with Crippen LogP contribution in [0.4, 0.5) is 0 Å². The van der Waals surface area contributed by atoms with Gasteiger partial charge in [0.15, 0.2) is 5.96 Å². The summed E-state index contributed by atoms with van der Waals surface area (Å²) < 4.78 is 10.8. The number of nitrogens with zero attached hydrogens (tertiary/aromatic N) is 2. The predicted molar refractivity (Wildman–Crippen MR) is 120 cm³/mol. The maximum absolute atomic E-state index is 10.7. The van der Waals surface area contributed by atoms with Gasteiger partial charge >= 0.3 is 0 Å². The van der Waals surface area contributed by atoms with E-state index < -0.39 is 5.60 Å². The van der Waals surface area contributed by atoms with Crippen molar-refractivity contribution in [1.82, 2.24) is 10.2 Å². The molecule has 0 aromatic heterocycles. The summed E-state index contributed by atoms with van der Waals surface area (Å²) in [5.74, 6) is 2.36. The molecule has 0 atom stereocenters. The fourth-order valence-electron chi connectivity index (χ4n) is 3.37. The number of hydrogen-bond acceptors (Lipinski definition) is 4. The Morgan fingerprint density at radius 3 is 2.52 bits per heavy atom. The van der Waals surface area contributed by atoms with Gasteiger partial charge in [-0.1, -0.05) is 19.3 Å². The Kier molecular flexibility index (Phi) is 10.2. The second-order valence-electron chi connectivity index (χ2n) is 6.99. The molecule has 154 valence electrons. The Morgan fingerprint density at radius 1 is 1.22 bits per heavy atom. The number of rotatable bonds is 7. The second-order valence-corrected chi connectivity index (χ2v) is 6.99. The number of ether oxygens (including phenoxy) is 2. The van der Waals surface area contributed by atoms with Crippen molar-refractivity contribution in [2.24, 2.45) is 4.99 Å². The quantitative estimate of drug-likeness (QED) is 0.348. The number of halogens is 1. The highest BCUT2D eigenvalue weighted by molar-refractivity contribution is 14.0. The molecule has 1 aromatic rings. The zero-order valence-corrected chi connectivity index (χ0v) is 19.3. The molecular weight excluding hydrogens is 457 g/mol. The minimum atomic E-state index is -0.655. The third kappa shape index (κ3) is 7.03. The summed E-state index contributed by atoms with van der Waals surface area (Å²) >= 11 is 0. The molecule has 1 fully saturated rings. The van der Waals surface area contributed by atoms with E-state index in [4.69, 9.17) is 14.5 Å². The molecule has 0 heterocycles. The molecule has 0 aliphatic heterocycles. The molecule has 0 saturated heterocycles. The fourth-order valence-corrected chi connectivity index (χ4v) is 3.37. The number of guanidine groups is 1. The summed E-state index contributed by atoms with van der Waals surface area (Å²) in [6.07, 6.45) is 5.06. The van der Waals surface area contributed by atoms with Gasteiger partial charge < -0.3 is 24.8 Å². The van der Waals surface area contributed by atoms with Crippen molar-refractivity contribution in [2.45, 2.75) is 51.2 Å². The van der Waals surface area contributed by atoms with Crippen LogP contribution in [0.25, 0.3) is 0 Å². The molecule has 2 rings (SSSR count). The van der Waals surface area contributed by atoms with Crippen molar-refractivity contribution < 1.29 is 14.6 Å². The summed E-state index contributed by atoms with van der Waals surface area (Å²) in [7, 11) is 5.30. The Hall–Kier alpha value is -1.22. The normalized spacial score (nSPS) is 16.3. The van der Waals surface area contributed by atoms with Crippen molar-refractivity contribution in [3.05, 3.63) is 23.8 Å². The van der Waals surface area contributed by atoms with Crippen LogP contribution in [0.3, 0.4) is 0 Å². The molecular formula is C20H34IN3O3. The number of aliphatic hydroxyl groups is 1. The first-order chi connectivity index (χ1) is 12.5. The summed E-state index contributed by atoms with van der Waals surface area (Å²) in [5, 5.41) is 14.0. The van der Waals surface area contributed by atoms with E-state index in [0.29, 0.717) is 13.1 Å². The molecule has 0 bridgehead atoms. The molecule has 1 aliphatic rings. The van der Waals surface area contributed by atoms with Gasteiger partial charge in [0.2, 0.25) is 0 Å². The lowest BCUT2D eigenvalue weighted by Crippen LogP contribution is -2.41. The SMILES string of the molecule is CCNC(=NCC1(O)CCCCC1)N(C)Cc1ccc(OC)cc1OC.I. The lowest BCUT2D eigenvalue weighted by molar-refractivity contribution is 0.0130. The first kappa shape index (κ1) is 23.8. The predicted octanol–water partition coefficient (Wildman–Crippen LogP) is 3.41. The van der Waals surface area contributed by atoms with Crippen LogP contribution in [0, 0.1) is 0 Å². The van der Waals surface area contributed by atoms with Crippen molar-refractivity contribution >= 4 is 29.9 Å². The van der Waals surface area contributed by atoms with Gasteiger partial charge in [0.1, 0.15) is 11.5 Å². The number of aliphatic imine (C=N–C) groups is 1. The molecule has 1 saturated carbocycles. The van der Waals surface area contributed by atoms with Gasteiger partial charge in [0.05, 0.1) is 26.4 Å². The van der Waals surface area contributed by atoms with Crippen LogP contribution in [0.1, 0.15) is 44.6 Å². The molecule has 1 aromatic carbocycles. The molecule has 0 unspecified atom stereocenters. The van der Waals surface area contributed by atoms with Crippen molar-refractivity contribution in [3.8, 4) is 11.5 Å². The second kappa shape index (κ2) is 11.6. The molecule has 7 heteroatoms. The van der Waals surface area contributed by atoms with Crippen LogP contribution >= 0.6 is 24.0 Å². The molecule has 6 nitrogen and oxygen atoms in total. The van der Waals surface area contributed by atoms with Gasteiger partial charge in [0, 0.05) is 31.8 Å². The molecule has 2 N–H and O–H groups in total. The monoisotopic (exact) mass is 491 g/mol. The lowest BCUT2D eigenvalue weighted by atomic mass is 9.85. The smallest absolute Gasteiger partial charge is 0.194 e. The number of benzene rings is 1. The van der Waals surface area contributed by atoms with Gasteiger partial charge in [-0.15, -0.1) is 24.0 Å². The van der Waals surface area contributed by atoms with Gasteiger partial charge in [0.25, 0.3) is 0 Å². The first-order valence-electron chi connectivity index (χ1n) is 9.44. The zero-order valence-electron chi connectivity index (χ0n) is 17.0. The molecule has 0 spiro atoms. The van der Waals surface area contributed by atoms with Crippen LogP contribution in [-0.2, 0) is 6.54 Å². The van der Waals surface area contributed by atoms with E-state index in [-0.39, 0.29) is 24.0 Å². The number of nitrogens with one attached hydrogen (secondary N) is 1. The van der Waals surface area contributed by atoms with Crippen LogP contribution in [0.2, 0.25) is 0 Å². The Labute approximate surface area is 180 Å². The van der Waals surface area contributed by atoms with Gasteiger partial charge in [-0.05, 0) is 31.9 Å². The third-order valence-corrected chi connectivity index (χ3v) is 4.91. The highest BCUT2D eigenvalue weighted by Gasteiger charge is 2.29. The van der Waals surface area contributed by atoms with E-state index in [1.807, 2.05) is 32.2 Å². The van der Waals surface area contributed by atoms with E-state index in [0.717, 1.165) is 55.3 Å². The summed E-state index contributed by atoms with van der Waals surface area (Å²) in [5.41, 5.74) is 0.398. The highest BCUT2D eigenvalue weighted by Crippen LogP contribution is 2.28. The topological polar surface area (TPSA) is 66.3 Å². The Morgan fingerprint density at radius 2 is 1.93 bits per heavy atom. The zero-order chi connectivity index (χ0) is 19.0. The molecule has 1 aliphatic carbocycles. The lowest BCUT2D eigenvalue weighted by Gasteiger charge is -2.31. The maximum atomic E-state index is 10.7. The van der Waals surface area contributed by atoms with Gasteiger partial charge in [-0.3, -0.25) is 4.99 Å². The van der Waals surface area contributed by atoms with E-state index >= 15 is 0 Å². The van der Waals surface area contributed by atoms with Crippen molar-refractivity contribution in [2.75, 3.05) is 34.4 Å². The molecule has 27 heavy (non-hydrogen) atoms. The fraction of sp³-hybridized carbons (Fsp3) is 0.650. The van der Waals surface area contributed by atoms with Crippen LogP contribution < -0.4 is 14.8 Å². The van der Waals surface area contributed by atoms with Gasteiger partial charge in [-0.25, -0.2) is 0 Å². The highest BCUT2D eigenvalue weighted by atomic mass is 127. The van der Waals surface area contributed by atoms with E-state index in [1.165, 1.54) is 6.42 Å². The number of methoxy groups -OCH3 is 2. The summed E-state index contributed by atoms with van der Waals surface area (Å²) in [4.78, 5) is 6.77. The maximum Gasteiger partial charge on any atom is 0.194 e. The minimum absolute atomic E-state index is 0. The van der Waals surface area contributed by atoms with Crippen molar-refractivity contribution in [3.63, 3.8) is 0 Å². The first-order valence-corrected chi connectivity index (χ1v) is 9.44. The minimum Gasteiger partial charge on any atom is -0.497 e. The van der Waals surface area contributed by atoms with E-state index in [2.05, 4.69) is 10.2 Å². The van der Waals surface area contributed by atoms with E-state index in [1.54, 1.807) is 14.2 Å². The Balaban J connectivity index is 0.00000364. The average Bonchev–Trinajstić information content (AvgIpc) is 2.65. The summed E-state index contributed by atoms with van der Waals surface area (Å²) in [6.45, 7) is 3.92. The number of hydrogen-bond donors (Lipinski definition) is 2. The molecule has 0 amide bonds. The molecule has 0 radical (unpaired) electrons. The third-order valence-electron chi connectivity index (χ3n) is 4.91. The Bertz CT molecular complexity index is 604. The van der Waals surface area contributed by atoms with Crippen LogP contribution in [0.15, 0.2) is 23.2 Å².